The molecule has 3 rings (SSSR count). The Bertz CT molecular complexity index is 812. The number of hydrogen-bond acceptors (Lipinski definition) is 5. The highest BCUT2D eigenvalue weighted by molar-refractivity contribution is 6.03. The first-order valence-electron chi connectivity index (χ1n) is 8.96. The van der Waals surface area contributed by atoms with Gasteiger partial charge in [-0.15, -0.1) is 0 Å². The molecule has 1 aromatic carbocycles. The monoisotopic (exact) mass is 368 g/mol. The summed E-state index contributed by atoms with van der Waals surface area (Å²) in [6.45, 7) is 5.63. The van der Waals surface area contributed by atoms with Crippen LogP contribution in [-0.4, -0.2) is 49.1 Å². The van der Waals surface area contributed by atoms with Gasteiger partial charge in [0.05, 0.1) is 12.2 Å². The molecule has 1 aliphatic heterocycles. The lowest BCUT2D eigenvalue weighted by Crippen LogP contribution is -2.45. The van der Waals surface area contributed by atoms with Gasteiger partial charge in [-0.3, -0.25) is 14.6 Å². The molecule has 1 aromatic heterocycles. The number of hydrogen-bond donors (Lipinski definition) is 2. The van der Waals surface area contributed by atoms with Crippen molar-refractivity contribution < 1.29 is 14.3 Å². The summed E-state index contributed by atoms with van der Waals surface area (Å²) in [5, 5.41) is 5.37. The summed E-state index contributed by atoms with van der Waals surface area (Å²) >= 11 is 0. The fraction of sp³-hybridized carbons (Fsp3) is 0.350. The van der Waals surface area contributed by atoms with Crippen LogP contribution in [0.1, 0.15) is 34.7 Å². The minimum atomic E-state index is -0.293. The van der Waals surface area contributed by atoms with Crippen molar-refractivity contribution in [3.63, 3.8) is 0 Å². The minimum absolute atomic E-state index is 0.137. The minimum Gasteiger partial charge on any atom is -0.372 e. The summed E-state index contributed by atoms with van der Waals surface area (Å²) in [6, 6.07) is 10.4. The van der Waals surface area contributed by atoms with E-state index in [9.17, 15) is 9.59 Å². The Morgan fingerprint density at radius 3 is 2.37 bits per heavy atom. The fourth-order valence-corrected chi connectivity index (χ4v) is 3.17. The Kier molecular flexibility index (Phi) is 5.71. The standard InChI is InChI=1S/C20H24N4O3/c1-13-11-24(12-14(2)27-13)17-8-9-22-18(10-17)20(26)23-16-6-4-15(5-7-16)19(25)21-3/h4-10,13-14H,11-12H2,1-3H3,(H,21,25)(H,23,26). The van der Waals surface area contributed by atoms with Gasteiger partial charge >= 0.3 is 0 Å². The van der Waals surface area contributed by atoms with Crippen molar-refractivity contribution in [3.8, 4) is 0 Å². The summed E-state index contributed by atoms with van der Waals surface area (Å²) in [5.41, 5.74) is 2.43. The van der Waals surface area contributed by atoms with Crippen molar-refractivity contribution in [2.24, 2.45) is 0 Å². The number of morpholine rings is 1. The van der Waals surface area contributed by atoms with Crippen LogP contribution in [-0.2, 0) is 4.74 Å². The number of carbonyl (C=O) groups excluding carboxylic acids is 2. The summed E-state index contributed by atoms with van der Waals surface area (Å²) in [4.78, 5) is 30.5. The van der Waals surface area contributed by atoms with Gasteiger partial charge in [0.15, 0.2) is 0 Å². The average Bonchev–Trinajstić information content (AvgIpc) is 2.67. The van der Waals surface area contributed by atoms with E-state index >= 15 is 0 Å². The van der Waals surface area contributed by atoms with Crippen molar-refractivity contribution in [3.05, 3.63) is 53.9 Å². The maximum Gasteiger partial charge on any atom is 0.274 e. The number of nitrogens with zero attached hydrogens (tertiary/aromatic N) is 2. The van der Waals surface area contributed by atoms with Gasteiger partial charge in [-0.25, -0.2) is 0 Å². The molecular formula is C20H24N4O3. The number of nitrogens with one attached hydrogen (secondary N) is 2. The van der Waals surface area contributed by atoms with Crippen molar-refractivity contribution in [1.29, 1.82) is 0 Å². The molecule has 2 aromatic rings. The molecule has 27 heavy (non-hydrogen) atoms. The second kappa shape index (κ2) is 8.18. The van der Waals surface area contributed by atoms with E-state index in [-0.39, 0.29) is 24.0 Å². The van der Waals surface area contributed by atoms with Crippen LogP contribution in [0.3, 0.4) is 0 Å². The molecule has 1 saturated heterocycles. The first kappa shape index (κ1) is 18.8. The highest BCUT2D eigenvalue weighted by Gasteiger charge is 2.23. The van der Waals surface area contributed by atoms with E-state index in [1.54, 1.807) is 43.6 Å². The summed E-state index contributed by atoms with van der Waals surface area (Å²) in [6.07, 6.45) is 1.92. The maximum absolute atomic E-state index is 12.6. The van der Waals surface area contributed by atoms with Gasteiger partial charge in [0.2, 0.25) is 0 Å². The van der Waals surface area contributed by atoms with Crippen LogP contribution in [0.5, 0.6) is 0 Å². The van der Waals surface area contributed by atoms with E-state index in [1.807, 2.05) is 19.9 Å². The lowest BCUT2D eigenvalue weighted by atomic mass is 10.2. The largest absolute Gasteiger partial charge is 0.372 e. The molecule has 2 N–H and O–H groups in total. The van der Waals surface area contributed by atoms with Gasteiger partial charge in [0, 0.05) is 43.3 Å². The third kappa shape index (κ3) is 4.62. The first-order valence-corrected chi connectivity index (χ1v) is 8.96. The zero-order valence-corrected chi connectivity index (χ0v) is 15.7. The first-order chi connectivity index (χ1) is 13.0. The van der Waals surface area contributed by atoms with E-state index < -0.39 is 0 Å². The molecule has 0 aliphatic carbocycles. The van der Waals surface area contributed by atoms with Crippen LogP contribution < -0.4 is 15.5 Å². The van der Waals surface area contributed by atoms with Gasteiger partial charge in [-0.05, 0) is 50.2 Å². The smallest absolute Gasteiger partial charge is 0.274 e. The van der Waals surface area contributed by atoms with Crippen molar-refractivity contribution in [1.82, 2.24) is 10.3 Å². The van der Waals surface area contributed by atoms with E-state index in [2.05, 4.69) is 20.5 Å². The molecule has 1 fully saturated rings. The molecule has 2 atom stereocenters. The normalized spacial score (nSPS) is 19.4. The zero-order valence-electron chi connectivity index (χ0n) is 15.7. The van der Waals surface area contributed by atoms with Crippen LogP contribution in [0.25, 0.3) is 0 Å². The molecule has 0 spiro atoms. The Hall–Kier alpha value is -2.93. The van der Waals surface area contributed by atoms with Gasteiger partial charge < -0.3 is 20.3 Å². The maximum atomic E-state index is 12.6. The molecule has 0 saturated carbocycles. The van der Waals surface area contributed by atoms with Crippen LogP contribution in [0.15, 0.2) is 42.6 Å². The number of amides is 2. The quantitative estimate of drug-likeness (QED) is 0.865. The number of aromatic nitrogens is 1. The highest BCUT2D eigenvalue weighted by atomic mass is 16.5. The van der Waals surface area contributed by atoms with Crippen molar-refractivity contribution >= 4 is 23.2 Å². The SMILES string of the molecule is CNC(=O)c1ccc(NC(=O)c2cc(N3CC(C)OC(C)C3)ccn2)cc1. The average molecular weight is 368 g/mol. The molecule has 0 radical (unpaired) electrons. The summed E-state index contributed by atoms with van der Waals surface area (Å²) in [5.74, 6) is -0.463. The second-order valence-corrected chi connectivity index (χ2v) is 6.67. The Labute approximate surface area is 158 Å². The lowest BCUT2D eigenvalue weighted by molar-refractivity contribution is -0.00522. The van der Waals surface area contributed by atoms with E-state index in [0.717, 1.165) is 18.8 Å². The third-order valence-electron chi connectivity index (χ3n) is 4.39. The molecule has 1 aliphatic rings. The van der Waals surface area contributed by atoms with E-state index in [0.29, 0.717) is 16.9 Å². The number of anilines is 2. The van der Waals surface area contributed by atoms with Gasteiger partial charge in [-0.1, -0.05) is 0 Å². The zero-order chi connectivity index (χ0) is 19.4. The van der Waals surface area contributed by atoms with E-state index in [4.69, 9.17) is 4.74 Å². The molecule has 142 valence electrons. The highest BCUT2D eigenvalue weighted by Crippen LogP contribution is 2.21. The van der Waals surface area contributed by atoms with Gasteiger partial charge in [-0.2, -0.15) is 0 Å². The van der Waals surface area contributed by atoms with Crippen LogP contribution >= 0.6 is 0 Å². The number of rotatable bonds is 4. The molecule has 7 nitrogen and oxygen atoms in total. The Morgan fingerprint density at radius 1 is 1.07 bits per heavy atom. The lowest BCUT2D eigenvalue weighted by Gasteiger charge is -2.36. The molecule has 2 amide bonds. The number of ether oxygens (including phenoxy) is 1. The van der Waals surface area contributed by atoms with Crippen LogP contribution in [0, 0.1) is 0 Å². The second-order valence-electron chi connectivity index (χ2n) is 6.67. The predicted molar refractivity (Wildman–Crippen MR) is 104 cm³/mol. The van der Waals surface area contributed by atoms with E-state index in [1.165, 1.54) is 0 Å². The molecule has 0 bridgehead atoms. The molecule has 7 heteroatoms. The number of pyridine rings is 1. The predicted octanol–water partition coefficient (Wildman–Crippen LogP) is 2.31. The number of benzene rings is 1. The summed E-state index contributed by atoms with van der Waals surface area (Å²) in [7, 11) is 1.58. The third-order valence-corrected chi connectivity index (χ3v) is 4.39. The molecule has 2 heterocycles. The van der Waals surface area contributed by atoms with Crippen molar-refractivity contribution in [2.75, 3.05) is 30.4 Å². The molecular weight excluding hydrogens is 344 g/mol. The Morgan fingerprint density at radius 2 is 1.74 bits per heavy atom. The van der Waals surface area contributed by atoms with Crippen molar-refractivity contribution in [2.45, 2.75) is 26.1 Å². The number of carbonyl (C=O) groups is 2. The van der Waals surface area contributed by atoms with Gasteiger partial charge in [0.1, 0.15) is 5.69 Å². The van der Waals surface area contributed by atoms with Crippen LogP contribution in [0.4, 0.5) is 11.4 Å². The topological polar surface area (TPSA) is 83.6 Å². The van der Waals surface area contributed by atoms with Gasteiger partial charge in [0.25, 0.3) is 11.8 Å². The summed E-state index contributed by atoms with van der Waals surface area (Å²) < 4.78 is 5.76. The van der Waals surface area contributed by atoms with Crippen LogP contribution in [0.2, 0.25) is 0 Å². The Balaban J connectivity index is 1.71. The fourth-order valence-electron chi connectivity index (χ4n) is 3.17. The molecule has 2 unspecified atom stereocenters.